The van der Waals surface area contributed by atoms with E-state index in [1.165, 1.54) is 0 Å². The van der Waals surface area contributed by atoms with E-state index in [0.717, 1.165) is 44.8 Å². The van der Waals surface area contributed by atoms with Gasteiger partial charge in [-0.2, -0.15) is 5.26 Å². The average molecular weight is 311 g/mol. The van der Waals surface area contributed by atoms with Gasteiger partial charge in [-0.3, -0.25) is 4.79 Å². The van der Waals surface area contributed by atoms with Gasteiger partial charge in [-0.25, -0.2) is 4.79 Å². The largest absolute Gasteiger partial charge is 0.459 e. The zero-order chi connectivity index (χ0) is 16.5. The summed E-state index contributed by atoms with van der Waals surface area (Å²) in [6, 6.07) is 8.54. The van der Waals surface area contributed by atoms with E-state index in [0.29, 0.717) is 17.0 Å². The van der Waals surface area contributed by atoms with Crippen LogP contribution in [-0.2, 0) is 9.53 Å². The Balaban J connectivity index is 1.75. The number of hydrogen-bond donors (Lipinski definition) is 0. The van der Waals surface area contributed by atoms with E-state index in [-0.39, 0.29) is 12.1 Å². The molecule has 0 atom stereocenters. The van der Waals surface area contributed by atoms with Crippen LogP contribution in [0.3, 0.4) is 0 Å². The van der Waals surface area contributed by atoms with Gasteiger partial charge in [0.05, 0.1) is 17.2 Å². The number of allylic oxidation sites excluding steroid dienone is 2. The Morgan fingerprint density at radius 3 is 2.52 bits per heavy atom. The molecule has 0 radical (unpaired) electrons. The molecule has 0 aromatic heterocycles. The molecule has 23 heavy (non-hydrogen) atoms. The maximum Gasteiger partial charge on any atom is 0.338 e. The third-order valence-electron chi connectivity index (χ3n) is 4.27. The van der Waals surface area contributed by atoms with Crippen LogP contribution >= 0.6 is 0 Å². The van der Waals surface area contributed by atoms with Crippen LogP contribution in [0.15, 0.2) is 36.4 Å². The Hall–Kier alpha value is -2.41. The Morgan fingerprint density at radius 1 is 1.22 bits per heavy atom. The summed E-state index contributed by atoms with van der Waals surface area (Å²) in [4.78, 5) is 22.3. The van der Waals surface area contributed by atoms with E-state index >= 15 is 0 Å². The number of hydrogen-bond acceptors (Lipinski definition) is 4. The summed E-state index contributed by atoms with van der Waals surface area (Å²) in [5, 5.41) is 8.76. The van der Waals surface area contributed by atoms with E-state index in [4.69, 9.17) is 10.00 Å². The van der Waals surface area contributed by atoms with Gasteiger partial charge in [0.15, 0.2) is 0 Å². The van der Waals surface area contributed by atoms with Gasteiger partial charge in [0.25, 0.3) is 0 Å². The summed E-state index contributed by atoms with van der Waals surface area (Å²) < 4.78 is 5.56. The molecule has 1 fully saturated rings. The second-order valence-electron chi connectivity index (χ2n) is 5.88. The Morgan fingerprint density at radius 2 is 1.91 bits per heavy atom. The summed E-state index contributed by atoms with van der Waals surface area (Å²) in [6.07, 6.45) is 10.2. The summed E-state index contributed by atoms with van der Waals surface area (Å²) in [7, 11) is 0. The van der Waals surface area contributed by atoms with E-state index in [9.17, 15) is 9.59 Å². The minimum atomic E-state index is -0.313. The molecule has 0 amide bonds. The lowest BCUT2D eigenvalue weighted by Crippen LogP contribution is -2.24. The quantitative estimate of drug-likeness (QED) is 0.455. The molecule has 1 saturated carbocycles. The van der Waals surface area contributed by atoms with E-state index in [1.807, 2.05) is 12.1 Å². The van der Waals surface area contributed by atoms with Crippen molar-refractivity contribution in [1.29, 1.82) is 5.26 Å². The van der Waals surface area contributed by atoms with Gasteiger partial charge in [0, 0.05) is 0 Å². The smallest absolute Gasteiger partial charge is 0.338 e. The van der Waals surface area contributed by atoms with Gasteiger partial charge < -0.3 is 4.74 Å². The van der Waals surface area contributed by atoms with Crippen molar-refractivity contribution < 1.29 is 14.3 Å². The topological polar surface area (TPSA) is 67.2 Å². The van der Waals surface area contributed by atoms with Crippen molar-refractivity contribution in [1.82, 2.24) is 0 Å². The molecule has 0 spiro atoms. The zero-order valence-electron chi connectivity index (χ0n) is 13.1. The van der Waals surface area contributed by atoms with Crippen LogP contribution in [0.25, 0.3) is 0 Å². The molecule has 0 heterocycles. The molecule has 1 aromatic carbocycles. The molecule has 0 bridgehead atoms. The minimum Gasteiger partial charge on any atom is -0.459 e. The van der Waals surface area contributed by atoms with Crippen LogP contribution in [0.4, 0.5) is 0 Å². The third-order valence-corrected chi connectivity index (χ3v) is 4.27. The second kappa shape index (κ2) is 8.89. The predicted octanol–water partition coefficient (Wildman–Crippen LogP) is 3.81. The van der Waals surface area contributed by atoms with Gasteiger partial charge in [0.2, 0.25) is 0 Å². The predicted molar refractivity (Wildman–Crippen MR) is 86.8 cm³/mol. The lowest BCUT2D eigenvalue weighted by Gasteiger charge is -2.28. The molecule has 1 aliphatic rings. The van der Waals surface area contributed by atoms with Gasteiger partial charge in [-0.15, -0.1) is 0 Å². The number of benzene rings is 1. The summed E-state index contributed by atoms with van der Waals surface area (Å²) in [5.74, 6) is 0.336. The number of esters is 1. The van der Waals surface area contributed by atoms with Crippen LogP contribution in [-0.4, -0.2) is 18.4 Å². The number of aldehydes is 1. The fourth-order valence-electron chi connectivity index (χ4n) is 2.92. The van der Waals surface area contributed by atoms with Gasteiger partial charge in [0.1, 0.15) is 12.4 Å². The fraction of sp³-hybridized carbons (Fsp3) is 0.421. The monoisotopic (exact) mass is 311 g/mol. The molecule has 0 aliphatic heterocycles. The van der Waals surface area contributed by atoms with Crippen molar-refractivity contribution in [2.24, 2.45) is 5.92 Å². The first-order valence-corrected chi connectivity index (χ1v) is 8.04. The van der Waals surface area contributed by atoms with Gasteiger partial charge >= 0.3 is 5.97 Å². The van der Waals surface area contributed by atoms with Gasteiger partial charge in [-0.1, -0.05) is 6.08 Å². The van der Waals surface area contributed by atoms with Crippen LogP contribution in [0.1, 0.15) is 54.4 Å². The molecule has 1 aromatic rings. The lowest BCUT2D eigenvalue weighted by atomic mass is 9.84. The fourth-order valence-corrected chi connectivity index (χ4v) is 2.92. The van der Waals surface area contributed by atoms with Crippen molar-refractivity contribution in [3.63, 3.8) is 0 Å². The third kappa shape index (κ3) is 5.37. The number of nitrogens with zero attached hydrogens (tertiary/aromatic N) is 1. The molecule has 0 unspecified atom stereocenters. The SMILES string of the molecule is N#Cc1ccc(C(=O)O[C@H]2CC[C@H](CCC=CC=O)CC2)cc1. The first-order chi connectivity index (χ1) is 11.2. The highest BCUT2D eigenvalue weighted by molar-refractivity contribution is 5.89. The van der Waals surface area contributed by atoms with E-state index in [1.54, 1.807) is 30.3 Å². The highest BCUT2D eigenvalue weighted by atomic mass is 16.5. The minimum absolute atomic E-state index is 0.0140. The summed E-state index contributed by atoms with van der Waals surface area (Å²) >= 11 is 0. The maximum atomic E-state index is 12.1. The number of carbonyl (C=O) groups is 2. The van der Waals surface area contributed by atoms with Crippen LogP contribution in [0.5, 0.6) is 0 Å². The first kappa shape index (κ1) is 17.0. The van der Waals surface area contributed by atoms with Crippen LogP contribution in [0, 0.1) is 17.2 Å². The molecule has 4 nitrogen and oxygen atoms in total. The van der Waals surface area contributed by atoms with Crippen molar-refractivity contribution >= 4 is 12.3 Å². The number of rotatable bonds is 6. The number of ether oxygens (including phenoxy) is 1. The molecule has 0 saturated heterocycles. The lowest BCUT2D eigenvalue weighted by molar-refractivity contribution is -0.104. The first-order valence-electron chi connectivity index (χ1n) is 8.04. The highest BCUT2D eigenvalue weighted by Crippen LogP contribution is 2.30. The molecule has 1 aliphatic carbocycles. The Bertz CT molecular complexity index is 590. The number of carbonyl (C=O) groups excluding carboxylic acids is 2. The van der Waals surface area contributed by atoms with Crippen molar-refractivity contribution in [2.75, 3.05) is 0 Å². The molecule has 0 N–H and O–H groups in total. The maximum absolute atomic E-state index is 12.1. The summed E-state index contributed by atoms with van der Waals surface area (Å²) in [5.41, 5.74) is 1.02. The molecule has 2 rings (SSSR count). The van der Waals surface area contributed by atoms with Crippen LogP contribution in [0.2, 0.25) is 0 Å². The average Bonchev–Trinajstić information content (AvgIpc) is 2.60. The zero-order valence-corrected chi connectivity index (χ0v) is 13.1. The Kier molecular flexibility index (Phi) is 6.56. The Labute approximate surface area is 136 Å². The summed E-state index contributed by atoms with van der Waals surface area (Å²) in [6.45, 7) is 0. The van der Waals surface area contributed by atoms with E-state index < -0.39 is 0 Å². The standard InChI is InChI=1S/C19H21NO3/c20-14-16-5-9-17(10-6-16)19(22)23-18-11-7-15(8-12-18)4-2-1-3-13-21/h1,3,5-6,9-10,13,15,18H,2,4,7-8,11-12H2/t15-,18-. The molecular formula is C19H21NO3. The van der Waals surface area contributed by atoms with Crippen LogP contribution < -0.4 is 0 Å². The highest BCUT2D eigenvalue weighted by Gasteiger charge is 2.23. The second-order valence-corrected chi connectivity index (χ2v) is 5.88. The molecular weight excluding hydrogens is 290 g/mol. The van der Waals surface area contributed by atoms with Crippen molar-refractivity contribution in [3.05, 3.63) is 47.5 Å². The van der Waals surface area contributed by atoms with Crippen molar-refractivity contribution in [2.45, 2.75) is 44.6 Å². The number of nitriles is 1. The molecule has 4 heteroatoms. The van der Waals surface area contributed by atoms with Gasteiger partial charge in [-0.05, 0) is 74.8 Å². The van der Waals surface area contributed by atoms with Crippen molar-refractivity contribution in [3.8, 4) is 6.07 Å². The normalized spacial score (nSPS) is 20.8. The van der Waals surface area contributed by atoms with E-state index in [2.05, 4.69) is 0 Å². The molecule has 120 valence electrons.